The lowest BCUT2D eigenvalue weighted by atomic mass is 10.1. The molecule has 0 aromatic heterocycles. The maximum Gasteiger partial charge on any atom is 0.0911 e. The van der Waals surface area contributed by atoms with Crippen molar-refractivity contribution in [2.75, 3.05) is 13.6 Å². The molecule has 0 fully saturated rings. The third-order valence-corrected chi connectivity index (χ3v) is 1.77. The molecule has 2 heteroatoms. The summed E-state index contributed by atoms with van der Waals surface area (Å²) < 4.78 is 0. The molecule has 0 radical (unpaired) electrons. The summed E-state index contributed by atoms with van der Waals surface area (Å²) in [6.45, 7) is 4.77. The van der Waals surface area contributed by atoms with Crippen molar-refractivity contribution in [1.29, 1.82) is 0 Å². The van der Waals surface area contributed by atoms with Gasteiger partial charge in [0.05, 0.1) is 6.10 Å². The average molecular weight is 183 g/mol. The molecule has 1 unspecified atom stereocenters. The van der Waals surface area contributed by atoms with Gasteiger partial charge in [-0.1, -0.05) is 32.1 Å². The van der Waals surface area contributed by atoms with E-state index in [2.05, 4.69) is 31.3 Å². The van der Waals surface area contributed by atoms with Crippen molar-refractivity contribution in [3.8, 4) is 0 Å². The second-order valence-electron chi connectivity index (χ2n) is 3.00. The topological polar surface area (TPSA) is 32.3 Å². The number of hydrogen-bond acceptors (Lipinski definition) is 2. The van der Waals surface area contributed by atoms with Gasteiger partial charge in [0, 0.05) is 6.54 Å². The van der Waals surface area contributed by atoms with Gasteiger partial charge in [-0.25, -0.2) is 0 Å². The Labute approximate surface area is 81.4 Å². The zero-order chi connectivity index (χ0) is 10.1. The van der Waals surface area contributed by atoms with E-state index in [-0.39, 0.29) is 6.10 Å². The molecule has 0 rings (SSSR count). The Morgan fingerprint density at radius 2 is 2.08 bits per heavy atom. The van der Waals surface area contributed by atoms with Crippen LogP contribution in [-0.4, -0.2) is 24.8 Å². The van der Waals surface area contributed by atoms with Crippen molar-refractivity contribution in [2.24, 2.45) is 0 Å². The molecule has 0 amide bonds. The van der Waals surface area contributed by atoms with Gasteiger partial charge in [0.15, 0.2) is 0 Å². The third kappa shape index (κ3) is 5.61. The summed E-state index contributed by atoms with van der Waals surface area (Å²) in [4.78, 5) is 0. The van der Waals surface area contributed by atoms with Crippen LogP contribution in [0.4, 0.5) is 0 Å². The minimum absolute atomic E-state index is 0.382. The molecule has 2 nitrogen and oxygen atoms in total. The van der Waals surface area contributed by atoms with E-state index < -0.39 is 0 Å². The van der Waals surface area contributed by atoms with Crippen LogP contribution in [0.3, 0.4) is 0 Å². The quantitative estimate of drug-likeness (QED) is 0.616. The molecule has 0 aromatic carbocycles. The fourth-order valence-electron chi connectivity index (χ4n) is 1.12. The number of allylic oxidation sites excluding steroid dienone is 2. The van der Waals surface area contributed by atoms with Crippen LogP contribution in [0.2, 0.25) is 0 Å². The summed E-state index contributed by atoms with van der Waals surface area (Å²) in [7, 11) is 1.84. The summed E-state index contributed by atoms with van der Waals surface area (Å²) in [5.74, 6) is 0. The number of hydrogen-bond donors (Lipinski definition) is 2. The van der Waals surface area contributed by atoms with Gasteiger partial charge >= 0.3 is 0 Å². The Morgan fingerprint density at radius 1 is 1.38 bits per heavy atom. The van der Waals surface area contributed by atoms with E-state index in [1.807, 2.05) is 13.1 Å². The van der Waals surface area contributed by atoms with Gasteiger partial charge in [-0.15, -0.1) is 0 Å². The summed E-state index contributed by atoms with van der Waals surface area (Å²) in [6, 6.07) is 0. The summed E-state index contributed by atoms with van der Waals surface area (Å²) in [5, 5.41) is 12.6. The first kappa shape index (κ1) is 12.4. The molecule has 0 saturated carbocycles. The standard InChI is InChI=1S/C11H21NO/c1-4-6-8-10(7-5-2)11(13)9-12-3/h6-8,11-13H,4-5,9H2,1-3H3/b8-6-,10-7+. The molecule has 0 heterocycles. The second-order valence-corrected chi connectivity index (χ2v) is 3.00. The number of aliphatic hydroxyl groups excluding tert-OH is 1. The molecule has 1 atom stereocenters. The molecule has 0 aliphatic carbocycles. The lowest BCUT2D eigenvalue weighted by Crippen LogP contribution is -2.24. The van der Waals surface area contributed by atoms with Crippen molar-refractivity contribution >= 4 is 0 Å². The second kappa shape index (κ2) is 8.02. The van der Waals surface area contributed by atoms with Crippen molar-refractivity contribution in [3.05, 3.63) is 23.8 Å². The number of rotatable bonds is 6. The summed E-state index contributed by atoms with van der Waals surface area (Å²) in [5.41, 5.74) is 1.01. The van der Waals surface area contributed by atoms with Crippen LogP contribution >= 0.6 is 0 Å². The zero-order valence-electron chi connectivity index (χ0n) is 8.88. The fraction of sp³-hybridized carbons (Fsp3) is 0.636. The maximum atomic E-state index is 9.68. The first-order valence-electron chi connectivity index (χ1n) is 4.95. The highest BCUT2D eigenvalue weighted by Crippen LogP contribution is 2.06. The van der Waals surface area contributed by atoms with E-state index in [1.54, 1.807) is 0 Å². The minimum atomic E-state index is -0.382. The average Bonchev–Trinajstić information content (AvgIpc) is 2.12. The van der Waals surface area contributed by atoms with E-state index in [0.717, 1.165) is 18.4 Å². The molecule has 0 aliphatic heterocycles. The van der Waals surface area contributed by atoms with Gasteiger partial charge in [0.25, 0.3) is 0 Å². The van der Waals surface area contributed by atoms with E-state index >= 15 is 0 Å². The Balaban J connectivity index is 4.23. The van der Waals surface area contributed by atoms with Gasteiger partial charge in [0.2, 0.25) is 0 Å². The molecule has 76 valence electrons. The Kier molecular flexibility index (Phi) is 7.65. The number of likely N-dealkylation sites (N-methyl/N-ethyl adjacent to an activating group) is 1. The van der Waals surface area contributed by atoms with Crippen LogP contribution in [0.15, 0.2) is 23.8 Å². The molecule has 0 saturated heterocycles. The molecule has 0 aliphatic rings. The van der Waals surface area contributed by atoms with E-state index in [0.29, 0.717) is 6.54 Å². The lowest BCUT2D eigenvalue weighted by molar-refractivity contribution is 0.213. The Morgan fingerprint density at radius 3 is 2.54 bits per heavy atom. The number of nitrogens with one attached hydrogen (secondary N) is 1. The van der Waals surface area contributed by atoms with Crippen LogP contribution < -0.4 is 5.32 Å². The van der Waals surface area contributed by atoms with E-state index in [4.69, 9.17) is 0 Å². The van der Waals surface area contributed by atoms with Gasteiger partial charge < -0.3 is 10.4 Å². The van der Waals surface area contributed by atoms with E-state index in [9.17, 15) is 5.11 Å². The van der Waals surface area contributed by atoms with Crippen LogP contribution in [0.25, 0.3) is 0 Å². The molecule has 13 heavy (non-hydrogen) atoms. The van der Waals surface area contributed by atoms with E-state index in [1.165, 1.54) is 0 Å². The molecule has 0 bridgehead atoms. The summed E-state index contributed by atoms with van der Waals surface area (Å²) >= 11 is 0. The van der Waals surface area contributed by atoms with Crippen LogP contribution in [0.1, 0.15) is 26.7 Å². The highest BCUT2D eigenvalue weighted by atomic mass is 16.3. The van der Waals surface area contributed by atoms with Crippen molar-refractivity contribution in [3.63, 3.8) is 0 Å². The molecule has 2 N–H and O–H groups in total. The molecular weight excluding hydrogens is 162 g/mol. The van der Waals surface area contributed by atoms with Gasteiger partial charge in [-0.2, -0.15) is 0 Å². The number of aliphatic hydroxyl groups is 1. The Hall–Kier alpha value is -0.600. The normalized spacial score (nSPS) is 15.2. The smallest absolute Gasteiger partial charge is 0.0911 e. The van der Waals surface area contributed by atoms with Gasteiger partial charge in [-0.05, 0) is 25.5 Å². The predicted octanol–water partition coefficient (Wildman–Crippen LogP) is 1.87. The Bertz CT molecular complexity index is 173. The minimum Gasteiger partial charge on any atom is -0.387 e. The van der Waals surface area contributed by atoms with Gasteiger partial charge in [0.1, 0.15) is 0 Å². The van der Waals surface area contributed by atoms with Crippen molar-refractivity contribution in [2.45, 2.75) is 32.8 Å². The molecule has 0 aromatic rings. The fourth-order valence-corrected chi connectivity index (χ4v) is 1.12. The first-order chi connectivity index (χ1) is 6.26. The van der Waals surface area contributed by atoms with Gasteiger partial charge in [-0.3, -0.25) is 0 Å². The highest BCUT2D eigenvalue weighted by molar-refractivity contribution is 5.23. The highest BCUT2D eigenvalue weighted by Gasteiger charge is 2.05. The third-order valence-electron chi connectivity index (χ3n) is 1.77. The zero-order valence-corrected chi connectivity index (χ0v) is 8.88. The summed E-state index contributed by atoms with van der Waals surface area (Å²) in [6.07, 6.45) is 7.73. The van der Waals surface area contributed by atoms with Crippen molar-refractivity contribution in [1.82, 2.24) is 5.32 Å². The largest absolute Gasteiger partial charge is 0.387 e. The lowest BCUT2D eigenvalue weighted by Gasteiger charge is -2.10. The van der Waals surface area contributed by atoms with Crippen LogP contribution in [0, 0.1) is 0 Å². The molecular formula is C11H21NO. The monoisotopic (exact) mass is 183 g/mol. The predicted molar refractivity (Wildman–Crippen MR) is 57.7 cm³/mol. The SMILES string of the molecule is CC/C=C\C(=C/CC)C(O)CNC. The first-order valence-corrected chi connectivity index (χ1v) is 4.95. The maximum absolute atomic E-state index is 9.68. The van der Waals surface area contributed by atoms with Crippen LogP contribution in [-0.2, 0) is 0 Å². The molecule has 0 spiro atoms. The van der Waals surface area contributed by atoms with Crippen LogP contribution in [0.5, 0.6) is 0 Å². The van der Waals surface area contributed by atoms with Crippen molar-refractivity contribution < 1.29 is 5.11 Å².